The molecule has 0 bridgehead atoms. The van der Waals surface area contributed by atoms with Crippen LogP contribution in [0.4, 0.5) is 0 Å². The van der Waals surface area contributed by atoms with Gasteiger partial charge in [-0.25, -0.2) is 0 Å². The summed E-state index contributed by atoms with van der Waals surface area (Å²) in [7, 11) is 0. The fourth-order valence-corrected chi connectivity index (χ4v) is 4.98. The van der Waals surface area contributed by atoms with Crippen LogP contribution < -0.4 is 5.32 Å². The summed E-state index contributed by atoms with van der Waals surface area (Å²) in [5, 5.41) is 13.0. The third-order valence-corrected chi connectivity index (χ3v) is 6.50. The standard InChI is InChI=1S/C18H22N2O3S/c21-16-6-2-5-12-13(16)7-8-14(12)19-17(22)15-9-24-10-20(15)18(23)11-3-1-4-11/h2,5-6,11,14-15,21H,1,3-4,7-10H2,(H,19,22). The Morgan fingerprint density at radius 1 is 1.25 bits per heavy atom. The molecule has 2 fully saturated rings. The number of carbonyl (C=O) groups is 2. The molecule has 1 aromatic carbocycles. The lowest BCUT2D eigenvalue weighted by atomic mass is 9.84. The van der Waals surface area contributed by atoms with Crippen molar-refractivity contribution in [2.45, 2.75) is 44.2 Å². The van der Waals surface area contributed by atoms with Crippen molar-refractivity contribution in [3.05, 3.63) is 29.3 Å². The van der Waals surface area contributed by atoms with Crippen LogP contribution in [0.25, 0.3) is 0 Å². The van der Waals surface area contributed by atoms with Gasteiger partial charge in [0, 0.05) is 11.7 Å². The van der Waals surface area contributed by atoms with Crippen molar-refractivity contribution in [2.75, 3.05) is 11.6 Å². The molecule has 2 amide bonds. The Hall–Kier alpha value is -1.69. The molecule has 4 rings (SSSR count). The van der Waals surface area contributed by atoms with Gasteiger partial charge in [0.05, 0.1) is 11.9 Å². The van der Waals surface area contributed by atoms with Crippen LogP contribution in [0.5, 0.6) is 5.75 Å². The second kappa shape index (κ2) is 6.31. The number of thioether (sulfide) groups is 1. The number of hydrogen-bond acceptors (Lipinski definition) is 4. The Bertz CT molecular complexity index is 674. The molecule has 3 aliphatic rings. The van der Waals surface area contributed by atoms with E-state index in [4.69, 9.17) is 0 Å². The highest BCUT2D eigenvalue weighted by atomic mass is 32.2. The van der Waals surface area contributed by atoms with Crippen LogP contribution in [0.3, 0.4) is 0 Å². The van der Waals surface area contributed by atoms with E-state index in [9.17, 15) is 14.7 Å². The number of hydrogen-bond donors (Lipinski definition) is 2. The van der Waals surface area contributed by atoms with Crippen molar-refractivity contribution in [1.82, 2.24) is 10.2 Å². The maximum atomic E-state index is 12.8. The number of aromatic hydroxyl groups is 1. The molecule has 1 aliphatic heterocycles. The molecule has 0 aromatic heterocycles. The molecule has 128 valence electrons. The summed E-state index contributed by atoms with van der Waals surface area (Å²) in [6, 6.07) is 5.05. The quantitative estimate of drug-likeness (QED) is 0.880. The normalized spacial score (nSPS) is 26.1. The van der Waals surface area contributed by atoms with Crippen LogP contribution in [0.1, 0.15) is 42.9 Å². The summed E-state index contributed by atoms with van der Waals surface area (Å²) in [5.74, 6) is 1.81. The van der Waals surface area contributed by atoms with Gasteiger partial charge >= 0.3 is 0 Å². The van der Waals surface area contributed by atoms with E-state index in [0.29, 0.717) is 17.4 Å². The minimum Gasteiger partial charge on any atom is -0.508 e. The minimum absolute atomic E-state index is 0.0612. The summed E-state index contributed by atoms with van der Waals surface area (Å²) in [6.45, 7) is 0. The Morgan fingerprint density at radius 2 is 2.08 bits per heavy atom. The second-order valence-electron chi connectivity index (χ2n) is 6.90. The average molecular weight is 346 g/mol. The van der Waals surface area contributed by atoms with Gasteiger partial charge < -0.3 is 15.3 Å². The highest BCUT2D eigenvalue weighted by Gasteiger charge is 2.40. The van der Waals surface area contributed by atoms with E-state index in [1.165, 1.54) is 0 Å². The van der Waals surface area contributed by atoms with Gasteiger partial charge in [-0.05, 0) is 42.9 Å². The summed E-state index contributed by atoms with van der Waals surface area (Å²) in [6.07, 6.45) is 4.62. The fourth-order valence-electron chi connectivity index (χ4n) is 3.82. The first-order chi connectivity index (χ1) is 11.6. The summed E-state index contributed by atoms with van der Waals surface area (Å²) < 4.78 is 0. The number of benzene rings is 1. The zero-order valence-electron chi connectivity index (χ0n) is 13.5. The number of carbonyl (C=O) groups excluding carboxylic acids is 2. The van der Waals surface area contributed by atoms with Crippen LogP contribution in [-0.4, -0.2) is 39.5 Å². The van der Waals surface area contributed by atoms with Gasteiger partial charge in [-0.3, -0.25) is 9.59 Å². The maximum absolute atomic E-state index is 12.8. The molecule has 2 atom stereocenters. The van der Waals surface area contributed by atoms with Crippen molar-refractivity contribution < 1.29 is 14.7 Å². The Labute approximate surface area is 145 Å². The molecule has 2 aliphatic carbocycles. The van der Waals surface area contributed by atoms with Crippen LogP contribution >= 0.6 is 11.8 Å². The molecule has 2 unspecified atom stereocenters. The first-order valence-electron chi connectivity index (χ1n) is 8.64. The molecule has 6 heteroatoms. The largest absolute Gasteiger partial charge is 0.508 e. The van der Waals surface area contributed by atoms with Gasteiger partial charge in [-0.1, -0.05) is 18.6 Å². The monoisotopic (exact) mass is 346 g/mol. The van der Waals surface area contributed by atoms with Crippen LogP contribution in [-0.2, 0) is 16.0 Å². The van der Waals surface area contributed by atoms with Crippen molar-refractivity contribution in [2.24, 2.45) is 5.92 Å². The van der Waals surface area contributed by atoms with Crippen molar-refractivity contribution in [1.29, 1.82) is 0 Å². The number of rotatable bonds is 3. The molecule has 1 aromatic rings. The molecule has 0 radical (unpaired) electrons. The Balaban J connectivity index is 1.45. The molecular formula is C18H22N2O3S. The third-order valence-electron chi connectivity index (χ3n) is 5.48. The molecular weight excluding hydrogens is 324 g/mol. The molecule has 24 heavy (non-hydrogen) atoms. The molecule has 1 saturated carbocycles. The van der Waals surface area contributed by atoms with E-state index in [1.54, 1.807) is 22.7 Å². The van der Waals surface area contributed by atoms with Crippen LogP contribution in [0.15, 0.2) is 18.2 Å². The van der Waals surface area contributed by atoms with Crippen molar-refractivity contribution in [3.63, 3.8) is 0 Å². The second-order valence-corrected chi connectivity index (χ2v) is 7.90. The lowest BCUT2D eigenvalue weighted by molar-refractivity contribution is -0.143. The van der Waals surface area contributed by atoms with E-state index < -0.39 is 0 Å². The van der Waals surface area contributed by atoms with Gasteiger partial charge in [0.1, 0.15) is 11.8 Å². The van der Waals surface area contributed by atoms with E-state index in [1.807, 2.05) is 12.1 Å². The fraction of sp³-hybridized carbons (Fsp3) is 0.556. The first-order valence-corrected chi connectivity index (χ1v) is 9.80. The van der Waals surface area contributed by atoms with E-state index in [0.717, 1.165) is 43.2 Å². The average Bonchev–Trinajstić information content (AvgIpc) is 3.13. The number of phenolic OH excluding ortho intramolecular Hbond substituents is 1. The van der Waals surface area contributed by atoms with Gasteiger partial charge in [-0.2, -0.15) is 0 Å². The van der Waals surface area contributed by atoms with Crippen molar-refractivity contribution >= 4 is 23.6 Å². The SMILES string of the molecule is O=C(NC1CCc2c(O)cccc21)C1CSCN1C(=O)C1CCC1. The summed E-state index contributed by atoms with van der Waals surface area (Å²) in [4.78, 5) is 27.0. The predicted molar refractivity (Wildman–Crippen MR) is 92.6 cm³/mol. The number of fused-ring (bicyclic) bond motifs is 1. The molecule has 5 nitrogen and oxygen atoms in total. The van der Waals surface area contributed by atoms with E-state index in [2.05, 4.69) is 5.32 Å². The highest BCUT2D eigenvalue weighted by molar-refractivity contribution is 7.99. The molecule has 0 spiro atoms. The number of nitrogens with one attached hydrogen (secondary N) is 1. The molecule has 1 heterocycles. The zero-order chi connectivity index (χ0) is 16.7. The number of amides is 2. The van der Waals surface area contributed by atoms with Gasteiger partial charge in [-0.15, -0.1) is 11.8 Å². The van der Waals surface area contributed by atoms with E-state index in [-0.39, 0.29) is 29.8 Å². The summed E-state index contributed by atoms with van der Waals surface area (Å²) >= 11 is 1.65. The maximum Gasteiger partial charge on any atom is 0.244 e. The molecule has 1 saturated heterocycles. The van der Waals surface area contributed by atoms with Crippen molar-refractivity contribution in [3.8, 4) is 5.75 Å². The highest BCUT2D eigenvalue weighted by Crippen LogP contribution is 2.37. The van der Waals surface area contributed by atoms with Crippen LogP contribution in [0.2, 0.25) is 0 Å². The number of phenols is 1. The Morgan fingerprint density at radius 3 is 2.83 bits per heavy atom. The van der Waals surface area contributed by atoms with E-state index >= 15 is 0 Å². The predicted octanol–water partition coefficient (Wildman–Crippen LogP) is 2.20. The first kappa shape index (κ1) is 15.8. The lowest BCUT2D eigenvalue weighted by Crippen LogP contribution is -2.50. The van der Waals surface area contributed by atoms with Gasteiger partial charge in [0.2, 0.25) is 11.8 Å². The van der Waals surface area contributed by atoms with Crippen LogP contribution in [0, 0.1) is 5.92 Å². The van der Waals surface area contributed by atoms with Gasteiger partial charge in [0.15, 0.2) is 0 Å². The summed E-state index contributed by atoms with van der Waals surface area (Å²) in [5.41, 5.74) is 1.94. The molecule has 2 N–H and O–H groups in total. The number of nitrogens with zero attached hydrogens (tertiary/aromatic N) is 1. The van der Waals surface area contributed by atoms with Gasteiger partial charge in [0.25, 0.3) is 0 Å². The smallest absolute Gasteiger partial charge is 0.244 e. The minimum atomic E-state index is -0.357. The zero-order valence-corrected chi connectivity index (χ0v) is 14.3. The third kappa shape index (κ3) is 2.66. The lowest BCUT2D eigenvalue weighted by Gasteiger charge is -2.32. The Kier molecular flexibility index (Phi) is 4.16. The topological polar surface area (TPSA) is 69.6 Å².